The Balaban J connectivity index is 2.41. The van der Waals surface area contributed by atoms with Crippen molar-refractivity contribution in [2.75, 3.05) is 12.4 Å². The van der Waals surface area contributed by atoms with Gasteiger partial charge >= 0.3 is 0 Å². The van der Waals surface area contributed by atoms with E-state index in [2.05, 4.69) is 15.4 Å². The van der Waals surface area contributed by atoms with Crippen LogP contribution in [0.1, 0.15) is 0 Å². The summed E-state index contributed by atoms with van der Waals surface area (Å²) in [4.78, 5) is 4.07. The van der Waals surface area contributed by atoms with Gasteiger partial charge < -0.3 is 5.32 Å². The second-order valence-electron chi connectivity index (χ2n) is 2.78. The van der Waals surface area contributed by atoms with Crippen LogP contribution in [-0.4, -0.2) is 21.8 Å². The fraction of sp³-hybridized carbons (Fsp3) is 0.111. The highest BCUT2D eigenvalue weighted by atomic mass is 35.5. The minimum atomic E-state index is 0.611. The van der Waals surface area contributed by atoms with Crippen molar-refractivity contribution in [3.05, 3.63) is 35.9 Å². The number of halogens is 1. The summed E-state index contributed by atoms with van der Waals surface area (Å²) in [5, 5.41) is 7.70. The first-order valence-corrected chi connectivity index (χ1v) is 4.51. The highest BCUT2D eigenvalue weighted by Crippen LogP contribution is 2.13. The minimum Gasteiger partial charge on any atom is -0.387 e. The zero-order chi connectivity index (χ0) is 9.97. The van der Waals surface area contributed by atoms with Gasteiger partial charge in [-0.25, -0.2) is 4.68 Å². The highest BCUT2D eigenvalue weighted by molar-refractivity contribution is 6.30. The first-order chi connectivity index (χ1) is 6.79. The number of nitrogens with zero attached hydrogens (tertiary/aromatic N) is 3. The molecule has 0 atom stereocenters. The van der Waals surface area contributed by atoms with Gasteiger partial charge in [-0.1, -0.05) is 11.6 Å². The van der Waals surface area contributed by atoms with E-state index in [-0.39, 0.29) is 0 Å². The molecule has 14 heavy (non-hydrogen) atoms. The van der Waals surface area contributed by atoms with E-state index in [4.69, 9.17) is 11.6 Å². The Labute approximate surface area is 86.5 Å². The average Bonchev–Trinajstić information content (AvgIpc) is 2.65. The van der Waals surface area contributed by atoms with Gasteiger partial charge in [0.2, 0.25) is 0 Å². The lowest BCUT2D eigenvalue weighted by atomic mass is 10.4. The van der Waals surface area contributed by atoms with E-state index in [1.165, 1.54) is 0 Å². The first-order valence-electron chi connectivity index (χ1n) is 4.13. The van der Waals surface area contributed by atoms with E-state index in [0.717, 1.165) is 11.4 Å². The Bertz CT molecular complexity index is 438. The molecule has 0 bridgehead atoms. The molecule has 0 spiro atoms. The molecule has 0 aliphatic rings. The normalized spacial score (nSPS) is 10.1. The molecule has 0 saturated heterocycles. The summed E-state index contributed by atoms with van der Waals surface area (Å²) >= 11 is 5.76. The predicted octanol–water partition coefficient (Wildman–Crippen LogP) is 1.96. The van der Waals surface area contributed by atoms with E-state index in [9.17, 15) is 0 Å². The Hall–Kier alpha value is -1.55. The van der Waals surface area contributed by atoms with E-state index in [1.807, 2.05) is 13.1 Å². The summed E-state index contributed by atoms with van der Waals surface area (Å²) in [6, 6.07) is 1.94. The fourth-order valence-electron chi connectivity index (χ4n) is 1.13. The molecule has 0 fully saturated rings. The second kappa shape index (κ2) is 3.67. The first kappa shape index (κ1) is 9.02. The van der Waals surface area contributed by atoms with Crippen molar-refractivity contribution in [1.29, 1.82) is 0 Å². The Kier molecular flexibility index (Phi) is 2.37. The summed E-state index contributed by atoms with van der Waals surface area (Å²) in [7, 11) is 1.84. The molecule has 2 aromatic heterocycles. The highest BCUT2D eigenvalue weighted by Gasteiger charge is 1.99. The molecule has 0 aliphatic carbocycles. The molecule has 0 unspecified atom stereocenters. The summed E-state index contributed by atoms with van der Waals surface area (Å²) < 4.78 is 1.68. The minimum absolute atomic E-state index is 0.611. The molecule has 0 saturated carbocycles. The second-order valence-corrected chi connectivity index (χ2v) is 3.22. The Morgan fingerprint density at radius 1 is 1.36 bits per heavy atom. The van der Waals surface area contributed by atoms with Crippen molar-refractivity contribution >= 4 is 17.3 Å². The summed E-state index contributed by atoms with van der Waals surface area (Å²) in [5.41, 5.74) is 1.82. The number of pyridine rings is 1. The number of aromatic nitrogens is 3. The molecule has 72 valence electrons. The smallest absolute Gasteiger partial charge is 0.0849 e. The standard InChI is InChI=1S/C9H9ClN4/c1-11-8-2-9(5-12-4-8)14-6-7(10)3-13-14/h2-6,11H,1H3. The lowest BCUT2D eigenvalue weighted by Crippen LogP contribution is -1.97. The van der Waals surface area contributed by atoms with Gasteiger partial charge in [0.1, 0.15) is 0 Å². The SMILES string of the molecule is CNc1cncc(-n2cc(Cl)cn2)c1. The number of rotatable bonds is 2. The van der Waals surface area contributed by atoms with Crippen molar-refractivity contribution in [2.24, 2.45) is 0 Å². The van der Waals surface area contributed by atoms with Crippen LogP contribution in [0.3, 0.4) is 0 Å². The zero-order valence-electron chi connectivity index (χ0n) is 7.61. The van der Waals surface area contributed by atoms with Crippen LogP contribution >= 0.6 is 11.6 Å². The quantitative estimate of drug-likeness (QED) is 0.821. The summed E-state index contributed by atoms with van der Waals surface area (Å²) in [5.74, 6) is 0. The van der Waals surface area contributed by atoms with E-state index in [0.29, 0.717) is 5.02 Å². The van der Waals surface area contributed by atoms with Gasteiger partial charge in [0, 0.05) is 13.2 Å². The monoisotopic (exact) mass is 208 g/mol. The maximum absolute atomic E-state index is 5.76. The number of nitrogens with one attached hydrogen (secondary N) is 1. The molecule has 4 nitrogen and oxygen atoms in total. The third kappa shape index (κ3) is 1.70. The van der Waals surface area contributed by atoms with E-state index in [1.54, 1.807) is 29.5 Å². The van der Waals surface area contributed by atoms with Crippen molar-refractivity contribution in [1.82, 2.24) is 14.8 Å². The number of anilines is 1. The van der Waals surface area contributed by atoms with Crippen molar-refractivity contribution in [2.45, 2.75) is 0 Å². The molecule has 0 aromatic carbocycles. The molecular weight excluding hydrogens is 200 g/mol. The van der Waals surface area contributed by atoms with Gasteiger partial charge in [-0.05, 0) is 6.07 Å². The van der Waals surface area contributed by atoms with Gasteiger partial charge in [0.25, 0.3) is 0 Å². The molecule has 2 rings (SSSR count). The van der Waals surface area contributed by atoms with Crippen molar-refractivity contribution in [3.8, 4) is 5.69 Å². The lowest BCUT2D eigenvalue weighted by Gasteiger charge is -2.03. The Morgan fingerprint density at radius 3 is 2.86 bits per heavy atom. The van der Waals surface area contributed by atoms with Crippen LogP contribution in [0.15, 0.2) is 30.9 Å². The van der Waals surface area contributed by atoms with Crippen LogP contribution in [0.5, 0.6) is 0 Å². The molecule has 1 N–H and O–H groups in total. The topological polar surface area (TPSA) is 42.7 Å². The number of hydrogen-bond donors (Lipinski definition) is 1. The van der Waals surface area contributed by atoms with Gasteiger partial charge in [0.05, 0.1) is 35.0 Å². The van der Waals surface area contributed by atoms with Crippen LogP contribution in [0.25, 0.3) is 5.69 Å². The Morgan fingerprint density at radius 2 is 2.21 bits per heavy atom. The van der Waals surface area contributed by atoms with Crippen LogP contribution in [0.4, 0.5) is 5.69 Å². The van der Waals surface area contributed by atoms with Crippen LogP contribution < -0.4 is 5.32 Å². The summed E-state index contributed by atoms with van der Waals surface area (Å²) in [6.07, 6.45) is 6.80. The van der Waals surface area contributed by atoms with Gasteiger partial charge in [0.15, 0.2) is 0 Å². The largest absolute Gasteiger partial charge is 0.387 e. The predicted molar refractivity (Wildman–Crippen MR) is 55.9 cm³/mol. The third-order valence-electron chi connectivity index (χ3n) is 1.83. The van der Waals surface area contributed by atoms with Gasteiger partial charge in [-0.15, -0.1) is 0 Å². The van der Waals surface area contributed by atoms with Crippen molar-refractivity contribution < 1.29 is 0 Å². The fourth-order valence-corrected chi connectivity index (χ4v) is 1.27. The molecule has 0 amide bonds. The van der Waals surface area contributed by atoms with Crippen LogP contribution in [0, 0.1) is 0 Å². The molecule has 5 heteroatoms. The third-order valence-corrected chi connectivity index (χ3v) is 2.02. The molecule has 2 heterocycles. The lowest BCUT2D eigenvalue weighted by molar-refractivity contribution is 0.874. The maximum Gasteiger partial charge on any atom is 0.0849 e. The zero-order valence-corrected chi connectivity index (χ0v) is 8.36. The molecule has 0 radical (unpaired) electrons. The average molecular weight is 209 g/mol. The van der Waals surface area contributed by atoms with Gasteiger partial charge in [-0.3, -0.25) is 4.98 Å². The molecule has 0 aliphatic heterocycles. The van der Waals surface area contributed by atoms with Crippen LogP contribution in [0.2, 0.25) is 5.02 Å². The maximum atomic E-state index is 5.76. The van der Waals surface area contributed by atoms with E-state index < -0.39 is 0 Å². The molecular formula is C9H9ClN4. The van der Waals surface area contributed by atoms with Gasteiger partial charge in [-0.2, -0.15) is 5.10 Å². The molecule has 2 aromatic rings. The van der Waals surface area contributed by atoms with E-state index >= 15 is 0 Å². The summed E-state index contributed by atoms with van der Waals surface area (Å²) in [6.45, 7) is 0. The van der Waals surface area contributed by atoms with Crippen LogP contribution in [-0.2, 0) is 0 Å². The number of hydrogen-bond acceptors (Lipinski definition) is 3. The van der Waals surface area contributed by atoms with Crippen molar-refractivity contribution in [3.63, 3.8) is 0 Å².